The van der Waals surface area contributed by atoms with Crippen LogP contribution in [0.2, 0.25) is 0 Å². The monoisotopic (exact) mass is 575 g/mol. The van der Waals surface area contributed by atoms with Crippen molar-refractivity contribution in [3.8, 4) is 11.1 Å². The number of para-hydroxylation sites is 1. The highest BCUT2D eigenvalue weighted by Gasteiger charge is 2.38. The summed E-state index contributed by atoms with van der Waals surface area (Å²) in [5.74, 6) is 1.29. The first-order chi connectivity index (χ1) is 21.6. The zero-order valence-electron chi connectivity index (χ0n) is 26.5. The molecular weight excluding hydrogens is 530 g/mol. The van der Waals surface area contributed by atoms with Crippen LogP contribution in [0.25, 0.3) is 21.9 Å². The molecule has 1 nitrogen and oxygen atoms in total. The molecule has 0 radical (unpaired) electrons. The minimum absolute atomic E-state index is 0.0384. The topological polar surface area (TPSA) is 3.24 Å². The Morgan fingerprint density at radius 1 is 0.523 bits per heavy atom. The summed E-state index contributed by atoms with van der Waals surface area (Å²) in [5.41, 5.74) is 12.9. The number of fused-ring (bicyclic) bond motifs is 4. The molecule has 0 aromatic heterocycles. The van der Waals surface area contributed by atoms with E-state index in [1.807, 2.05) is 0 Å². The summed E-state index contributed by atoms with van der Waals surface area (Å²) in [6.07, 6.45) is 13.4. The van der Waals surface area contributed by atoms with Crippen molar-refractivity contribution in [2.45, 2.75) is 95.3 Å². The van der Waals surface area contributed by atoms with Gasteiger partial charge in [0.05, 0.1) is 5.69 Å². The molecule has 0 atom stereocenters. The van der Waals surface area contributed by atoms with E-state index in [0.29, 0.717) is 11.8 Å². The molecule has 8 rings (SSSR count). The van der Waals surface area contributed by atoms with Crippen LogP contribution in [0.1, 0.15) is 112 Å². The van der Waals surface area contributed by atoms with Crippen LogP contribution in [0.15, 0.2) is 103 Å². The molecular formula is C43H45N. The van der Waals surface area contributed by atoms with Gasteiger partial charge >= 0.3 is 0 Å². The smallest absolute Gasteiger partial charge is 0.0502 e. The standard InChI is InChI=1S/C43H45N/c1-43(2)39-24-14-23-36(30-15-6-3-7-16-30)42(39)37-26-25-35(29-40(37)43)44(34-21-10-5-11-22-34)41-28-33-20-13-12-19-32(33)27-38(41)31-17-8-4-9-18-31/h5,10-14,19-31H,3-4,6-9,15-18H2,1-2H3. The summed E-state index contributed by atoms with van der Waals surface area (Å²) in [4.78, 5) is 2.57. The molecule has 44 heavy (non-hydrogen) atoms. The Bertz CT molecular complexity index is 1800. The Labute approximate surface area is 264 Å². The van der Waals surface area contributed by atoms with E-state index < -0.39 is 0 Å². The predicted octanol–water partition coefficient (Wildman–Crippen LogP) is 12.7. The molecule has 0 saturated heterocycles. The van der Waals surface area contributed by atoms with Gasteiger partial charge in [0.25, 0.3) is 0 Å². The van der Waals surface area contributed by atoms with Crippen molar-refractivity contribution >= 4 is 27.8 Å². The fourth-order valence-electron chi connectivity index (χ4n) is 8.88. The number of nitrogens with zero attached hydrogens (tertiary/aromatic N) is 1. The minimum Gasteiger partial charge on any atom is -0.310 e. The summed E-state index contributed by atoms with van der Waals surface area (Å²) >= 11 is 0. The van der Waals surface area contributed by atoms with Gasteiger partial charge in [-0.05, 0) is 118 Å². The molecule has 0 bridgehead atoms. The molecule has 0 unspecified atom stereocenters. The lowest BCUT2D eigenvalue weighted by Crippen LogP contribution is -2.18. The maximum atomic E-state index is 2.57. The van der Waals surface area contributed by atoms with E-state index in [1.165, 1.54) is 120 Å². The Morgan fingerprint density at radius 3 is 1.86 bits per heavy atom. The first kappa shape index (κ1) is 27.7. The van der Waals surface area contributed by atoms with E-state index >= 15 is 0 Å². The molecule has 222 valence electrons. The number of hydrogen-bond donors (Lipinski definition) is 0. The Morgan fingerprint density at radius 2 is 1.16 bits per heavy atom. The second-order valence-electron chi connectivity index (χ2n) is 14.2. The zero-order valence-corrected chi connectivity index (χ0v) is 26.5. The summed E-state index contributed by atoms with van der Waals surface area (Å²) in [7, 11) is 0. The molecule has 2 fully saturated rings. The molecule has 2 saturated carbocycles. The highest BCUT2D eigenvalue weighted by Crippen LogP contribution is 2.54. The highest BCUT2D eigenvalue weighted by atomic mass is 15.1. The van der Waals surface area contributed by atoms with E-state index in [0.717, 1.165) is 0 Å². The minimum atomic E-state index is -0.0384. The molecule has 5 aromatic carbocycles. The first-order valence-corrected chi connectivity index (χ1v) is 17.3. The van der Waals surface area contributed by atoms with Gasteiger partial charge in [0.1, 0.15) is 0 Å². The number of benzene rings is 5. The Balaban J connectivity index is 1.32. The van der Waals surface area contributed by atoms with Crippen LogP contribution in [-0.4, -0.2) is 0 Å². The van der Waals surface area contributed by atoms with Gasteiger partial charge in [-0.3, -0.25) is 0 Å². The average molecular weight is 576 g/mol. The lowest BCUT2D eigenvalue weighted by atomic mass is 9.78. The van der Waals surface area contributed by atoms with Crippen molar-refractivity contribution in [2.75, 3.05) is 4.90 Å². The van der Waals surface area contributed by atoms with Crippen molar-refractivity contribution in [1.29, 1.82) is 0 Å². The zero-order chi connectivity index (χ0) is 29.7. The highest BCUT2D eigenvalue weighted by molar-refractivity contribution is 5.93. The summed E-state index contributed by atoms with van der Waals surface area (Å²) in [5, 5.41) is 2.67. The summed E-state index contributed by atoms with van der Waals surface area (Å²) in [6.45, 7) is 4.89. The molecule has 0 N–H and O–H groups in total. The van der Waals surface area contributed by atoms with Crippen molar-refractivity contribution in [2.24, 2.45) is 0 Å². The van der Waals surface area contributed by atoms with Crippen molar-refractivity contribution in [1.82, 2.24) is 0 Å². The largest absolute Gasteiger partial charge is 0.310 e. The van der Waals surface area contributed by atoms with Gasteiger partial charge < -0.3 is 4.90 Å². The van der Waals surface area contributed by atoms with Crippen LogP contribution < -0.4 is 4.90 Å². The summed E-state index contributed by atoms with van der Waals surface area (Å²) in [6, 6.07) is 39.6. The van der Waals surface area contributed by atoms with Crippen molar-refractivity contribution in [3.63, 3.8) is 0 Å². The van der Waals surface area contributed by atoms with E-state index in [9.17, 15) is 0 Å². The fraction of sp³-hybridized carbons (Fsp3) is 0.349. The van der Waals surface area contributed by atoms with Crippen LogP contribution in [0.3, 0.4) is 0 Å². The third-order valence-corrected chi connectivity index (χ3v) is 11.2. The molecule has 5 aromatic rings. The third-order valence-electron chi connectivity index (χ3n) is 11.2. The molecule has 0 aliphatic heterocycles. The van der Waals surface area contributed by atoms with Crippen LogP contribution >= 0.6 is 0 Å². The van der Waals surface area contributed by atoms with Gasteiger partial charge in [0, 0.05) is 16.8 Å². The van der Waals surface area contributed by atoms with Gasteiger partial charge in [0.15, 0.2) is 0 Å². The van der Waals surface area contributed by atoms with Gasteiger partial charge in [-0.2, -0.15) is 0 Å². The average Bonchev–Trinajstić information content (AvgIpc) is 3.32. The lowest BCUT2D eigenvalue weighted by molar-refractivity contribution is 0.444. The van der Waals surface area contributed by atoms with E-state index in [2.05, 4.69) is 122 Å². The SMILES string of the molecule is CC1(C)c2cc(N(c3ccccc3)c3cc4ccccc4cc3C3CCCCC3)ccc2-c2c(C3CCCCC3)cccc21. The number of rotatable bonds is 5. The van der Waals surface area contributed by atoms with Crippen LogP contribution in [0, 0.1) is 0 Å². The van der Waals surface area contributed by atoms with E-state index in [1.54, 1.807) is 5.56 Å². The predicted molar refractivity (Wildman–Crippen MR) is 188 cm³/mol. The molecule has 1 heteroatoms. The maximum Gasteiger partial charge on any atom is 0.0502 e. The van der Waals surface area contributed by atoms with Crippen LogP contribution in [0.5, 0.6) is 0 Å². The summed E-state index contributed by atoms with van der Waals surface area (Å²) < 4.78 is 0. The first-order valence-electron chi connectivity index (χ1n) is 17.3. The van der Waals surface area contributed by atoms with Crippen molar-refractivity contribution < 1.29 is 0 Å². The number of hydrogen-bond acceptors (Lipinski definition) is 1. The number of anilines is 3. The van der Waals surface area contributed by atoms with Crippen molar-refractivity contribution in [3.05, 3.63) is 125 Å². The fourth-order valence-corrected chi connectivity index (χ4v) is 8.88. The van der Waals surface area contributed by atoms with E-state index in [-0.39, 0.29) is 5.41 Å². The van der Waals surface area contributed by atoms with Gasteiger partial charge in [-0.15, -0.1) is 0 Å². The second kappa shape index (κ2) is 11.3. The second-order valence-corrected chi connectivity index (χ2v) is 14.2. The molecule has 0 heterocycles. The Kier molecular flexibility index (Phi) is 7.09. The maximum absolute atomic E-state index is 2.57. The molecule has 3 aliphatic rings. The Hall–Kier alpha value is -3.84. The van der Waals surface area contributed by atoms with Gasteiger partial charge in [-0.25, -0.2) is 0 Å². The normalized spacial score (nSPS) is 18.2. The quantitative estimate of drug-likeness (QED) is 0.201. The third kappa shape index (κ3) is 4.68. The van der Waals surface area contributed by atoms with Gasteiger partial charge in [0.2, 0.25) is 0 Å². The van der Waals surface area contributed by atoms with Crippen LogP contribution in [0.4, 0.5) is 17.1 Å². The lowest BCUT2D eigenvalue weighted by Gasteiger charge is -2.33. The molecule has 0 amide bonds. The van der Waals surface area contributed by atoms with Gasteiger partial charge in [-0.1, -0.05) is 119 Å². The molecule has 3 aliphatic carbocycles. The van der Waals surface area contributed by atoms with E-state index in [4.69, 9.17) is 0 Å². The van der Waals surface area contributed by atoms with Crippen LogP contribution in [-0.2, 0) is 5.41 Å². The molecule has 0 spiro atoms.